The van der Waals surface area contributed by atoms with Crippen LogP contribution in [0.5, 0.6) is 5.88 Å². The lowest BCUT2D eigenvalue weighted by molar-refractivity contribution is -0.385. The van der Waals surface area contributed by atoms with Gasteiger partial charge in [0.25, 0.3) is 5.69 Å². The minimum Gasteiger partial charge on any atom is -0.471 e. The van der Waals surface area contributed by atoms with E-state index in [9.17, 15) is 10.1 Å². The van der Waals surface area contributed by atoms with Gasteiger partial charge in [0.1, 0.15) is 24.3 Å². The number of hydrogen-bond donors (Lipinski definition) is 0. The van der Waals surface area contributed by atoms with E-state index < -0.39 is 4.92 Å². The zero-order chi connectivity index (χ0) is 16.2. The highest BCUT2D eigenvalue weighted by atomic mass is 16.6. The first-order valence-corrected chi connectivity index (χ1v) is 6.88. The predicted molar refractivity (Wildman–Crippen MR) is 81.9 cm³/mol. The van der Waals surface area contributed by atoms with Crippen LogP contribution in [0.15, 0.2) is 53.1 Å². The summed E-state index contributed by atoms with van der Waals surface area (Å²) in [5, 5.41) is 10.6. The Kier molecular flexibility index (Phi) is 4.01. The van der Waals surface area contributed by atoms with Crippen LogP contribution in [0.1, 0.15) is 11.5 Å². The average molecular weight is 311 g/mol. The molecule has 23 heavy (non-hydrogen) atoms. The molecular formula is C16H13N3O4. The summed E-state index contributed by atoms with van der Waals surface area (Å²) in [5.41, 5.74) is 1.46. The van der Waals surface area contributed by atoms with Crippen LogP contribution >= 0.6 is 0 Å². The van der Waals surface area contributed by atoms with Crippen molar-refractivity contribution in [1.29, 1.82) is 0 Å². The Hall–Kier alpha value is -3.22. The molecule has 0 spiro atoms. The summed E-state index contributed by atoms with van der Waals surface area (Å²) in [4.78, 5) is 18.4. The van der Waals surface area contributed by atoms with E-state index in [0.29, 0.717) is 23.2 Å². The van der Waals surface area contributed by atoms with Gasteiger partial charge in [0.05, 0.1) is 4.92 Å². The molecule has 2 aromatic heterocycles. The van der Waals surface area contributed by atoms with Crippen molar-refractivity contribution in [1.82, 2.24) is 9.97 Å². The summed E-state index contributed by atoms with van der Waals surface area (Å²) >= 11 is 0. The number of nitrogens with zero attached hydrogens (tertiary/aromatic N) is 3. The first kappa shape index (κ1) is 14.7. The third-order valence-electron chi connectivity index (χ3n) is 3.20. The van der Waals surface area contributed by atoms with Gasteiger partial charge in [0, 0.05) is 17.7 Å². The van der Waals surface area contributed by atoms with Crippen LogP contribution in [0.3, 0.4) is 0 Å². The van der Waals surface area contributed by atoms with Gasteiger partial charge in [0.2, 0.25) is 11.8 Å². The first-order chi connectivity index (χ1) is 11.1. The summed E-state index contributed by atoms with van der Waals surface area (Å²) in [6, 6.07) is 12.3. The third-order valence-corrected chi connectivity index (χ3v) is 3.20. The molecule has 0 atom stereocenters. The fraction of sp³-hybridized carbons (Fsp3) is 0.125. The highest BCUT2D eigenvalue weighted by Gasteiger charge is 2.12. The van der Waals surface area contributed by atoms with E-state index >= 15 is 0 Å². The average Bonchev–Trinajstić information content (AvgIpc) is 2.95. The normalized spacial score (nSPS) is 10.5. The predicted octanol–water partition coefficient (Wildman–Crippen LogP) is 3.53. The van der Waals surface area contributed by atoms with Gasteiger partial charge in [-0.1, -0.05) is 18.2 Å². The van der Waals surface area contributed by atoms with Crippen molar-refractivity contribution < 1.29 is 14.1 Å². The number of ether oxygens (including phenoxy) is 1. The number of aromatic nitrogens is 2. The number of hydrogen-bond acceptors (Lipinski definition) is 6. The summed E-state index contributed by atoms with van der Waals surface area (Å²) in [6.45, 7) is 1.98. The van der Waals surface area contributed by atoms with E-state index in [-0.39, 0.29) is 12.3 Å². The molecule has 0 radical (unpaired) electrons. The minimum absolute atomic E-state index is 0.0821. The van der Waals surface area contributed by atoms with Crippen molar-refractivity contribution in [3.8, 4) is 17.3 Å². The number of pyridine rings is 1. The van der Waals surface area contributed by atoms with E-state index in [1.54, 1.807) is 6.92 Å². The van der Waals surface area contributed by atoms with E-state index in [2.05, 4.69) is 9.97 Å². The van der Waals surface area contributed by atoms with Crippen LogP contribution in [0.25, 0.3) is 11.5 Å². The standard InChI is InChI=1S/C16H13N3O4/c1-11-14(18-16(23-11)12-5-3-2-4-6-12)10-22-15-8-7-13(9-17-15)19(20)21/h2-9H,10H2,1H3. The van der Waals surface area contributed by atoms with Crippen molar-refractivity contribution in [2.24, 2.45) is 0 Å². The lowest BCUT2D eigenvalue weighted by Crippen LogP contribution is -1.99. The van der Waals surface area contributed by atoms with Gasteiger partial charge in [-0.15, -0.1) is 0 Å². The van der Waals surface area contributed by atoms with E-state index in [4.69, 9.17) is 9.15 Å². The van der Waals surface area contributed by atoms with Crippen molar-refractivity contribution in [2.45, 2.75) is 13.5 Å². The van der Waals surface area contributed by atoms with Crippen LogP contribution in [-0.2, 0) is 6.61 Å². The number of nitro groups is 1. The molecule has 0 aliphatic heterocycles. The highest BCUT2D eigenvalue weighted by Crippen LogP contribution is 2.22. The molecule has 0 unspecified atom stereocenters. The highest BCUT2D eigenvalue weighted by molar-refractivity contribution is 5.53. The minimum atomic E-state index is -0.509. The molecule has 0 fully saturated rings. The second kappa shape index (κ2) is 6.27. The molecular weight excluding hydrogens is 298 g/mol. The van der Waals surface area contributed by atoms with Gasteiger partial charge in [0.15, 0.2) is 0 Å². The monoisotopic (exact) mass is 311 g/mol. The zero-order valence-electron chi connectivity index (χ0n) is 12.3. The van der Waals surface area contributed by atoms with Crippen molar-refractivity contribution in [3.05, 3.63) is 70.2 Å². The molecule has 7 nitrogen and oxygen atoms in total. The van der Waals surface area contributed by atoms with E-state index in [0.717, 1.165) is 11.8 Å². The molecule has 0 saturated carbocycles. The smallest absolute Gasteiger partial charge is 0.287 e. The van der Waals surface area contributed by atoms with Gasteiger partial charge in [-0.25, -0.2) is 9.97 Å². The molecule has 3 aromatic rings. The van der Waals surface area contributed by atoms with Crippen molar-refractivity contribution in [2.75, 3.05) is 0 Å². The Morgan fingerprint density at radius 1 is 1.22 bits per heavy atom. The Balaban J connectivity index is 1.71. The van der Waals surface area contributed by atoms with Crippen molar-refractivity contribution in [3.63, 3.8) is 0 Å². The van der Waals surface area contributed by atoms with Gasteiger partial charge in [-0.2, -0.15) is 0 Å². The lowest BCUT2D eigenvalue weighted by atomic mass is 10.2. The molecule has 0 aliphatic rings. The maximum absolute atomic E-state index is 10.6. The molecule has 2 heterocycles. The Morgan fingerprint density at radius 3 is 2.65 bits per heavy atom. The summed E-state index contributed by atoms with van der Waals surface area (Å²) in [5.74, 6) is 1.48. The van der Waals surface area contributed by atoms with Gasteiger partial charge in [-0.3, -0.25) is 10.1 Å². The molecule has 7 heteroatoms. The fourth-order valence-corrected chi connectivity index (χ4v) is 1.97. The Labute approximate surface area is 131 Å². The molecule has 0 saturated heterocycles. The zero-order valence-corrected chi connectivity index (χ0v) is 12.3. The molecule has 0 aliphatic carbocycles. The maximum atomic E-state index is 10.6. The third kappa shape index (κ3) is 3.34. The molecule has 116 valence electrons. The van der Waals surface area contributed by atoms with Crippen LogP contribution in [-0.4, -0.2) is 14.9 Å². The number of aryl methyl sites for hydroxylation is 1. The molecule has 1 aromatic carbocycles. The molecule has 0 amide bonds. The fourth-order valence-electron chi connectivity index (χ4n) is 1.97. The van der Waals surface area contributed by atoms with Gasteiger partial charge in [-0.05, 0) is 19.1 Å². The lowest BCUT2D eigenvalue weighted by Gasteiger charge is -2.02. The first-order valence-electron chi connectivity index (χ1n) is 6.88. The van der Waals surface area contributed by atoms with E-state index in [1.807, 2.05) is 30.3 Å². The van der Waals surface area contributed by atoms with Crippen LogP contribution < -0.4 is 4.74 Å². The summed E-state index contributed by atoms with van der Waals surface area (Å²) in [6.07, 6.45) is 1.15. The summed E-state index contributed by atoms with van der Waals surface area (Å²) < 4.78 is 11.1. The molecule has 3 rings (SSSR count). The Morgan fingerprint density at radius 2 is 2.00 bits per heavy atom. The largest absolute Gasteiger partial charge is 0.471 e. The van der Waals surface area contributed by atoms with Crippen LogP contribution in [0.4, 0.5) is 5.69 Å². The second-order valence-electron chi connectivity index (χ2n) is 4.79. The van der Waals surface area contributed by atoms with Crippen molar-refractivity contribution >= 4 is 5.69 Å². The SMILES string of the molecule is Cc1oc(-c2ccccc2)nc1COc1ccc([N+](=O)[O-])cn1. The van der Waals surface area contributed by atoms with E-state index in [1.165, 1.54) is 12.1 Å². The van der Waals surface area contributed by atoms with Crippen LogP contribution in [0.2, 0.25) is 0 Å². The van der Waals surface area contributed by atoms with Gasteiger partial charge < -0.3 is 9.15 Å². The Bertz CT molecular complexity index is 813. The van der Waals surface area contributed by atoms with Gasteiger partial charge >= 0.3 is 0 Å². The summed E-state index contributed by atoms with van der Waals surface area (Å²) in [7, 11) is 0. The molecule has 0 N–H and O–H groups in total. The number of oxazole rings is 1. The topological polar surface area (TPSA) is 91.3 Å². The number of rotatable bonds is 5. The quantitative estimate of drug-likeness (QED) is 0.528. The molecule has 0 bridgehead atoms. The maximum Gasteiger partial charge on any atom is 0.287 e. The number of benzene rings is 1. The van der Waals surface area contributed by atoms with Crippen LogP contribution in [0, 0.1) is 17.0 Å². The second-order valence-corrected chi connectivity index (χ2v) is 4.79.